The van der Waals surface area contributed by atoms with E-state index in [1.807, 2.05) is 12.1 Å². The zero-order chi connectivity index (χ0) is 22.5. The molecule has 1 aliphatic heterocycles. The molecule has 0 spiro atoms. The van der Waals surface area contributed by atoms with Gasteiger partial charge in [0.1, 0.15) is 5.82 Å². The van der Waals surface area contributed by atoms with Gasteiger partial charge in [-0.15, -0.1) is 5.10 Å². The Balaban J connectivity index is 1.96. The van der Waals surface area contributed by atoms with Crippen LogP contribution in [-0.2, 0) is 4.79 Å². The third kappa shape index (κ3) is 3.73. The monoisotopic (exact) mass is 451 g/mol. The lowest BCUT2D eigenvalue weighted by Crippen LogP contribution is -2.42. The van der Waals surface area contributed by atoms with E-state index in [-0.39, 0.29) is 11.2 Å². The van der Waals surface area contributed by atoms with E-state index in [1.54, 1.807) is 4.90 Å². The minimum Gasteiger partial charge on any atom is -0.384 e. The van der Waals surface area contributed by atoms with Crippen LogP contribution in [0.3, 0.4) is 0 Å². The largest absolute Gasteiger partial charge is 0.384 e. The van der Waals surface area contributed by atoms with Crippen molar-refractivity contribution in [1.82, 2.24) is 10.2 Å². The number of aromatic amines is 1. The first-order valence-electron chi connectivity index (χ1n) is 10.2. The Hall–Kier alpha value is -2.76. The van der Waals surface area contributed by atoms with Gasteiger partial charge in [-0.1, -0.05) is 63.3 Å². The number of allylic oxidation sites excluding steroid dienone is 3. The second-order valence-electron chi connectivity index (χ2n) is 9.20. The van der Waals surface area contributed by atoms with Crippen LogP contribution in [0.15, 0.2) is 46.9 Å². The molecule has 4 rings (SSSR count). The molecule has 0 bridgehead atoms. The van der Waals surface area contributed by atoms with Gasteiger partial charge in [0.05, 0.1) is 17.6 Å². The van der Waals surface area contributed by atoms with E-state index in [2.05, 4.69) is 56.1 Å². The van der Waals surface area contributed by atoms with E-state index in [4.69, 9.17) is 18.0 Å². The standard InChI is InChI=1S/C23H25N5OS2/c1-12(2)13-5-7-14(8-6-13)18-15(11-24)20(25)28(21-26-27-22(30)31-21)16-9-23(3,4)10-17(29)19(16)18/h5-8,12,18H,9-10,25H2,1-4H3,(H,27,30). The summed E-state index contributed by atoms with van der Waals surface area (Å²) in [5.74, 6) is 0.275. The Bertz CT molecular complexity index is 1210. The lowest BCUT2D eigenvalue weighted by molar-refractivity contribution is -0.118. The predicted molar refractivity (Wildman–Crippen MR) is 125 cm³/mol. The number of hydrogen-bond acceptors (Lipinski definition) is 7. The fraction of sp³-hybridized carbons (Fsp3) is 0.391. The van der Waals surface area contributed by atoms with Crippen LogP contribution >= 0.6 is 23.6 Å². The first-order valence-corrected chi connectivity index (χ1v) is 11.5. The van der Waals surface area contributed by atoms with Crippen LogP contribution in [0.25, 0.3) is 0 Å². The van der Waals surface area contributed by atoms with E-state index in [0.717, 1.165) is 11.3 Å². The molecular formula is C23H25N5OS2. The number of carbonyl (C=O) groups excluding carboxylic acids is 1. The fourth-order valence-corrected chi connectivity index (χ4v) is 5.37. The molecule has 31 heavy (non-hydrogen) atoms. The van der Waals surface area contributed by atoms with Crippen molar-refractivity contribution in [1.29, 1.82) is 5.26 Å². The van der Waals surface area contributed by atoms with Crippen LogP contribution < -0.4 is 10.6 Å². The second-order valence-corrected chi connectivity index (χ2v) is 10.8. The minimum absolute atomic E-state index is 0.0496. The van der Waals surface area contributed by atoms with Gasteiger partial charge in [-0.2, -0.15) is 5.26 Å². The maximum atomic E-state index is 13.5. The summed E-state index contributed by atoms with van der Waals surface area (Å²) >= 11 is 6.49. The number of carbonyl (C=O) groups is 1. The molecule has 1 atom stereocenters. The first-order chi connectivity index (χ1) is 14.6. The molecule has 8 heteroatoms. The zero-order valence-corrected chi connectivity index (χ0v) is 19.7. The van der Waals surface area contributed by atoms with E-state index in [9.17, 15) is 10.1 Å². The zero-order valence-electron chi connectivity index (χ0n) is 18.0. The van der Waals surface area contributed by atoms with Crippen molar-refractivity contribution >= 4 is 34.5 Å². The van der Waals surface area contributed by atoms with Gasteiger partial charge in [-0.3, -0.25) is 14.8 Å². The molecule has 1 aliphatic carbocycles. The number of hydrogen-bond donors (Lipinski definition) is 2. The highest BCUT2D eigenvalue weighted by Gasteiger charge is 2.45. The third-order valence-electron chi connectivity index (χ3n) is 5.94. The number of nitrogens with two attached hydrogens (primary N) is 1. The molecule has 3 N–H and O–H groups in total. The number of rotatable bonds is 3. The smallest absolute Gasteiger partial charge is 0.216 e. The van der Waals surface area contributed by atoms with Gasteiger partial charge in [0.15, 0.2) is 9.74 Å². The summed E-state index contributed by atoms with van der Waals surface area (Å²) in [7, 11) is 0. The highest BCUT2D eigenvalue weighted by atomic mass is 32.1. The van der Waals surface area contributed by atoms with Crippen LogP contribution in [0.1, 0.15) is 63.5 Å². The number of nitrogens with zero attached hydrogens (tertiary/aromatic N) is 3. The number of aromatic nitrogens is 2. The number of anilines is 1. The van der Waals surface area contributed by atoms with Crippen molar-refractivity contribution < 1.29 is 4.79 Å². The SMILES string of the molecule is CC(C)c1ccc(C2C(C#N)=C(N)N(c3n[nH]c(=S)s3)C3=C2C(=O)CC(C)(C)C3)cc1. The second kappa shape index (κ2) is 7.74. The van der Waals surface area contributed by atoms with Crippen molar-refractivity contribution in [3.05, 3.63) is 62.0 Å². The van der Waals surface area contributed by atoms with Crippen LogP contribution in [-0.4, -0.2) is 16.0 Å². The summed E-state index contributed by atoms with van der Waals surface area (Å²) < 4.78 is 0.510. The average Bonchev–Trinajstić information content (AvgIpc) is 3.12. The topological polar surface area (TPSA) is 98.8 Å². The van der Waals surface area contributed by atoms with Crippen molar-refractivity contribution in [3.8, 4) is 6.07 Å². The number of nitriles is 1. The Labute approximate surface area is 191 Å². The van der Waals surface area contributed by atoms with Crippen molar-refractivity contribution in [2.24, 2.45) is 11.1 Å². The highest BCUT2D eigenvalue weighted by molar-refractivity contribution is 7.73. The Morgan fingerprint density at radius 3 is 2.55 bits per heavy atom. The van der Waals surface area contributed by atoms with Crippen molar-refractivity contribution in [3.63, 3.8) is 0 Å². The lowest BCUT2D eigenvalue weighted by atomic mass is 9.68. The quantitative estimate of drug-likeness (QED) is 0.617. The molecular weight excluding hydrogens is 426 g/mol. The van der Waals surface area contributed by atoms with Gasteiger partial charge >= 0.3 is 0 Å². The molecule has 2 heterocycles. The summed E-state index contributed by atoms with van der Waals surface area (Å²) in [6, 6.07) is 10.4. The number of nitrogens with one attached hydrogen (secondary N) is 1. The molecule has 1 aromatic carbocycles. The van der Waals surface area contributed by atoms with Crippen molar-refractivity contribution in [2.45, 2.75) is 52.4 Å². The van der Waals surface area contributed by atoms with E-state index in [1.165, 1.54) is 16.9 Å². The molecule has 2 aromatic rings. The molecule has 0 fully saturated rings. The van der Waals surface area contributed by atoms with Gasteiger partial charge in [0, 0.05) is 17.7 Å². The van der Waals surface area contributed by atoms with Gasteiger partial charge in [-0.25, -0.2) is 0 Å². The molecule has 2 aliphatic rings. The predicted octanol–water partition coefficient (Wildman–Crippen LogP) is 5.26. The third-order valence-corrected chi connectivity index (χ3v) is 7.01. The minimum atomic E-state index is -0.479. The fourth-order valence-electron chi connectivity index (χ4n) is 4.45. The normalized spacial score (nSPS) is 20.8. The molecule has 0 saturated carbocycles. The van der Waals surface area contributed by atoms with Gasteiger partial charge in [-0.05, 0) is 41.1 Å². The Morgan fingerprint density at radius 1 is 1.32 bits per heavy atom. The summed E-state index contributed by atoms with van der Waals surface area (Å²) in [6.45, 7) is 8.42. The number of Topliss-reactive ketones (excluding diaryl/α,β-unsaturated/α-hetero) is 1. The van der Waals surface area contributed by atoms with Gasteiger partial charge in [0.2, 0.25) is 5.13 Å². The molecule has 1 unspecified atom stereocenters. The average molecular weight is 452 g/mol. The van der Waals surface area contributed by atoms with Crippen LogP contribution in [0.5, 0.6) is 0 Å². The molecule has 0 radical (unpaired) electrons. The van der Waals surface area contributed by atoms with Crippen LogP contribution in [0.2, 0.25) is 0 Å². The van der Waals surface area contributed by atoms with E-state index < -0.39 is 5.92 Å². The Morgan fingerprint density at radius 2 is 2.00 bits per heavy atom. The van der Waals surface area contributed by atoms with E-state index in [0.29, 0.717) is 44.8 Å². The lowest BCUT2D eigenvalue weighted by Gasteiger charge is -2.42. The Kier molecular flexibility index (Phi) is 5.36. The van der Waals surface area contributed by atoms with Crippen molar-refractivity contribution in [2.75, 3.05) is 4.90 Å². The number of H-pyrrole nitrogens is 1. The number of benzene rings is 1. The van der Waals surface area contributed by atoms with Gasteiger partial charge in [0.25, 0.3) is 0 Å². The summed E-state index contributed by atoms with van der Waals surface area (Å²) in [4.78, 5) is 15.2. The van der Waals surface area contributed by atoms with Crippen LogP contribution in [0, 0.1) is 20.7 Å². The molecule has 0 amide bonds. The molecule has 160 valence electrons. The summed E-state index contributed by atoms with van der Waals surface area (Å²) in [6.07, 6.45) is 1.08. The summed E-state index contributed by atoms with van der Waals surface area (Å²) in [5, 5.41) is 17.7. The molecule has 0 saturated heterocycles. The van der Waals surface area contributed by atoms with E-state index >= 15 is 0 Å². The maximum Gasteiger partial charge on any atom is 0.216 e. The summed E-state index contributed by atoms with van der Waals surface area (Å²) in [5.41, 5.74) is 10.3. The maximum absolute atomic E-state index is 13.5. The van der Waals surface area contributed by atoms with Crippen LogP contribution in [0.4, 0.5) is 5.13 Å². The molecule has 6 nitrogen and oxygen atoms in total. The van der Waals surface area contributed by atoms with Gasteiger partial charge < -0.3 is 5.73 Å². The number of ketones is 1. The first kappa shape index (κ1) is 21.5. The highest BCUT2D eigenvalue weighted by Crippen LogP contribution is 2.50. The molecule has 1 aromatic heterocycles.